The molecule has 0 amide bonds. The van der Waals surface area contributed by atoms with Crippen molar-refractivity contribution in [2.24, 2.45) is 0 Å². The average molecular weight is 252 g/mol. The second-order valence-corrected chi connectivity index (χ2v) is 4.85. The fourth-order valence-corrected chi connectivity index (χ4v) is 2.73. The number of aromatic amines is 1. The molecule has 0 spiro atoms. The van der Waals surface area contributed by atoms with Gasteiger partial charge in [-0.3, -0.25) is 8.78 Å². The predicted molar refractivity (Wildman–Crippen MR) is 47.5 cm³/mol. The molecular weight excluding hydrogens is 246 g/mol. The Hall–Kier alpha value is -0.430. The molecule has 2 rings (SSSR count). The lowest BCUT2D eigenvalue weighted by atomic mass is 10.4. The fraction of sp³-hybridized carbons (Fsp3) is 0.600. The van der Waals surface area contributed by atoms with Crippen molar-refractivity contribution in [3.63, 3.8) is 0 Å². The van der Waals surface area contributed by atoms with E-state index in [4.69, 9.17) is 0 Å². The molecule has 1 aliphatic rings. The summed E-state index contributed by atoms with van der Waals surface area (Å²) in [5.41, 5.74) is -0.247. The molecule has 0 atom stereocenters. The molecule has 0 aromatic carbocycles. The van der Waals surface area contributed by atoms with Crippen LogP contribution < -0.4 is 5.69 Å². The van der Waals surface area contributed by atoms with Crippen LogP contribution in [0.15, 0.2) is 9.53 Å². The summed E-state index contributed by atoms with van der Waals surface area (Å²) >= 11 is 3.13. The zero-order valence-corrected chi connectivity index (χ0v) is 8.39. The third-order valence-corrected chi connectivity index (χ3v) is 3.86. The molecule has 5 nitrogen and oxygen atoms in total. The number of halogens is 1. The standard InChI is InChI=1S/C5H6BrN3O2S/c6-4-7-8-5(10)9(4)3-1-12(11)2-3/h3H,1-2H2,(H,8,10). The van der Waals surface area contributed by atoms with Gasteiger partial charge in [0.25, 0.3) is 0 Å². The van der Waals surface area contributed by atoms with Gasteiger partial charge in [0, 0.05) is 22.3 Å². The Kier molecular flexibility index (Phi) is 1.91. The normalized spacial score (nSPS) is 28.4. The average Bonchev–Trinajstić information content (AvgIpc) is 2.26. The predicted octanol–water partition coefficient (Wildman–Crippen LogP) is -0.363. The lowest BCUT2D eigenvalue weighted by Crippen LogP contribution is -2.38. The van der Waals surface area contributed by atoms with Gasteiger partial charge in [-0.25, -0.2) is 9.89 Å². The molecule has 1 aromatic rings. The highest BCUT2D eigenvalue weighted by Crippen LogP contribution is 2.21. The molecule has 12 heavy (non-hydrogen) atoms. The van der Waals surface area contributed by atoms with Gasteiger partial charge in [-0.15, -0.1) is 5.10 Å². The molecule has 7 heteroatoms. The van der Waals surface area contributed by atoms with Gasteiger partial charge in [0.1, 0.15) is 0 Å². The van der Waals surface area contributed by atoms with E-state index in [0.29, 0.717) is 16.2 Å². The van der Waals surface area contributed by atoms with Crippen molar-refractivity contribution in [2.45, 2.75) is 6.04 Å². The third kappa shape index (κ3) is 1.16. The van der Waals surface area contributed by atoms with Crippen LogP contribution in [-0.2, 0) is 10.8 Å². The number of rotatable bonds is 1. The van der Waals surface area contributed by atoms with Crippen LogP contribution in [0.2, 0.25) is 0 Å². The first-order valence-corrected chi connectivity index (χ1v) is 5.64. The Labute approximate surface area is 78.8 Å². The highest BCUT2D eigenvalue weighted by atomic mass is 79.9. The summed E-state index contributed by atoms with van der Waals surface area (Å²) in [6.07, 6.45) is 0. The summed E-state index contributed by atoms with van der Waals surface area (Å²) in [5, 5.41) is 6.00. The molecule has 2 heterocycles. The minimum absolute atomic E-state index is 0.0476. The van der Waals surface area contributed by atoms with E-state index in [1.165, 1.54) is 4.57 Å². The Morgan fingerprint density at radius 3 is 2.75 bits per heavy atom. The highest BCUT2D eigenvalue weighted by Gasteiger charge is 2.29. The first-order chi connectivity index (χ1) is 5.68. The number of hydrogen-bond donors (Lipinski definition) is 1. The SMILES string of the molecule is O=c1[nH]nc(Br)n1C1CS(=O)C1. The van der Waals surface area contributed by atoms with Gasteiger partial charge in [-0.2, -0.15) is 0 Å². The van der Waals surface area contributed by atoms with Gasteiger partial charge in [0.15, 0.2) is 0 Å². The van der Waals surface area contributed by atoms with E-state index >= 15 is 0 Å². The zero-order chi connectivity index (χ0) is 8.72. The smallest absolute Gasteiger partial charge is 0.265 e. The van der Waals surface area contributed by atoms with Crippen LogP contribution in [0.4, 0.5) is 0 Å². The number of aromatic nitrogens is 3. The van der Waals surface area contributed by atoms with Gasteiger partial charge in [-0.1, -0.05) is 0 Å². The molecule has 1 saturated heterocycles. The monoisotopic (exact) mass is 251 g/mol. The van der Waals surface area contributed by atoms with Crippen LogP contribution in [0.3, 0.4) is 0 Å². The molecule has 1 N–H and O–H groups in total. The van der Waals surface area contributed by atoms with E-state index in [1.54, 1.807) is 0 Å². The Balaban J connectivity index is 2.34. The fourth-order valence-electron chi connectivity index (χ4n) is 1.13. The minimum Gasteiger partial charge on any atom is -0.265 e. The molecular formula is C5H6BrN3O2S. The Morgan fingerprint density at radius 2 is 2.33 bits per heavy atom. The molecule has 0 radical (unpaired) electrons. The molecule has 0 bridgehead atoms. The lowest BCUT2D eigenvalue weighted by molar-refractivity contribution is 0.534. The van der Waals surface area contributed by atoms with Crippen LogP contribution in [-0.4, -0.2) is 30.5 Å². The third-order valence-electron chi connectivity index (χ3n) is 1.78. The van der Waals surface area contributed by atoms with E-state index in [-0.39, 0.29) is 11.7 Å². The number of nitrogens with one attached hydrogen (secondary N) is 1. The van der Waals surface area contributed by atoms with Gasteiger partial charge in [-0.05, 0) is 15.9 Å². The largest absolute Gasteiger partial charge is 0.344 e. The maximum absolute atomic E-state index is 11.1. The van der Waals surface area contributed by atoms with E-state index in [0.717, 1.165) is 0 Å². The summed E-state index contributed by atoms with van der Waals surface area (Å²) in [6.45, 7) is 0. The summed E-state index contributed by atoms with van der Waals surface area (Å²) in [4.78, 5) is 11.1. The second-order valence-electron chi connectivity index (χ2n) is 2.59. The van der Waals surface area contributed by atoms with Crippen molar-refractivity contribution in [3.05, 3.63) is 15.2 Å². The van der Waals surface area contributed by atoms with Gasteiger partial charge in [0.05, 0.1) is 6.04 Å². The van der Waals surface area contributed by atoms with Crippen molar-refractivity contribution < 1.29 is 4.21 Å². The van der Waals surface area contributed by atoms with E-state index in [2.05, 4.69) is 26.1 Å². The molecule has 0 unspecified atom stereocenters. The maximum Gasteiger partial charge on any atom is 0.344 e. The summed E-state index contributed by atoms with van der Waals surface area (Å²) < 4.78 is 12.7. The highest BCUT2D eigenvalue weighted by molar-refractivity contribution is 9.10. The van der Waals surface area contributed by atoms with Crippen LogP contribution >= 0.6 is 15.9 Å². The first-order valence-electron chi connectivity index (χ1n) is 3.36. The van der Waals surface area contributed by atoms with E-state index < -0.39 is 10.8 Å². The first kappa shape index (κ1) is 8.18. The molecule has 1 aliphatic heterocycles. The topological polar surface area (TPSA) is 67.8 Å². The molecule has 0 aliphatic carbocycles. The van der Waals surface area contributed by atoms with Gasteiger partial charge < -0.3 is 0 Å². The lowest BCUT2D eigenvalue weighted by Gasteiger charge is -2.25. The number of H-pyrrole nitrogens is 1. The van der Waals surface area contributed by atoms with Crippen molar-refractivity contribution in [3.8, 4) is 0 Å². The van der Waals surface area contributed by atoms with Crippen molar-refractivity contribution in [1.29, 1.82) is 0 Å². The summed E-state index contributed by atoms with van der Waals surface area (Å²) in [6, 6.07) is 0.0476. The van der Waals surface area contributed by atoms with Crippen molar-refractivity contribution in [1.82, 2.24) is 14.8 Å². The van der Waals surface area contributed by atoms with Crippen molar-refractivity contribution >= 4 is 26.7 Å². The van der Waals surface area contributed by atoms with Crippen LogP contribution in [0.25, 0.3) is 0 Å². The minimum atomic E-state index is -0.745. The Bertz CT molecular complexity index is 376. The van der Waals surface area contributed by atoms with Gasteiger partial charge >= 0.3 is 5.69 Å². The number of hydrogen-bond acceptors (Lipinski definition) is 3. The summed E-state index contributed by atoms with van der Waals surface area (Å²) in [5.74, 6) is 1.11. The summed E-state index contributed by atoms with van der Waals surface area (Å²) in [7, 11) is -0.745. The van der Waals surface area contributed by atoms with Crippen LogP contribution in [0.5, 0.6) is 0 Å². The molecule has 66 valence electrons. The quantitative estimate of drug-likeness (QED) is 0.742. The van der Waals surface area contributed by atoms with Crippen LogP contribution in [0.1, 0.15) is 6.04 Å². The van der Waals surface area contributed by atoms with Crippen molar-refractivity contribution in [2.75, 3.05) is 11.5 Å². The molecule has 1 aromatic heterocycles. The molecule has 0 saturated carbocycles. The van der Waals surface area contributed by atoms with Gasteiger partial charge in [0.2, 0.25) is 4.73 Å². The van der Waals surface area contributed by atoms with Crippen LogP contribution in [0, 0.1) is 0 Å². The second kappa shape index (κ2) is 2.81. The maximum atomic E-state index is 11.1. The van der Waals surface area contributed by atoms with E-state index in [1.807, 2.05) is 0 Å². The number of nitrogens with zero attached hydrogens (tertiary/aromatic N) is 2. The zero-order valence-electron chi connectivity index (χ0n) is 5.99. The Morgan fingerprint density at radius 1 is 1.67 bits per heavy atom. The van der Waals surface area contributed by atoms with E-state index in [9.17, 15) is 9.00 Å². The molecule has 1 fully saturated rings.